The first-order chi connectivity index (χ1) is 13.0. The van der Waals surface area contributed by atoms with E-state index in [0.29, 0.717) is 12.1 Å². The van der Waals surface area contributed by atoms with Crippen molar-refractivity contribution in [2.24, 2.45) is 7.05 Å². The van der Waals surface area contributed by atoms with Gasteiger partial charge < -0.3 is 10.5 Å². The second-order valence-corrected chi connectivity index (χ2v) is 6.41. The van der Waals surface area contributed by atoms with E-state index in [1.54, 1.807) is 20.2 Å². The third-order valence-corrected chi connectivity index (χ3v) is 4.66. The van der Waals surface area contributed by atoms with Gasteiger partial charge in [0.15, 0.2) is 0 Å². The summed E-state index contributed by atoms with van der Waals surface area (Å²) in [5.74, 6) is 0.944. The summed E-state index contributed by atoms with van der Waals surface area (Å²) >= 11 is 0. The zero-order valence-electron chi connectivity index (χ0n) is 15.6. The van der Waals surface area contributed by atoms with Gasteiger partial charge in [-0.3, -0.25) is 9.36 Å². The minimum atomic E-state index is -0.170. The van der Waals surface area contributed by atoms with E-state index in [1.807, 2.05) is 30.3 Å². The molecule has 0 fully saturated rings. The van der Waals surface area contributed by atoms with Crippen LogP contribution in [0, 0.1) is 0 Å². The molecule has 0 bridgehead atoms. The topological polar surface area (TPSA) is 70.1 Å². The van der Waals surface area contributed by atoms with Crippen LogP contribution in [0.2, 0.25) is 0 Å². The number of hydrogen-bond acceptors (Lipinski definition) is 4. The lowest BCUT2D eigenvalue weighted by molar-refractivity contribution is 0.415. The zero-order valence-corrected chi connectivity index (χ0v) is 15.6. The lowest BCUT2D eigenvalue weighted by Gasteiger charge is -2.14. The Labute approximate surface area is 158 Å². The molecule has 0 aliphatic heterocycles. The molecule has 0 aliphatic rings. The van der Waals surface area contributed by atoms with E-state index >= 15 is 0 Å². The number of allylic oxidation sites excluding steroid dienone is 1. The Bertz CT molecular complexity index is 1010. The molecule has 0 aliphatic carbocycles. The average Bonchev–Trinajstić information content (AvgIpc) is 2.70. The maximum Gasteiger partial charge on any atom is 0.254 e. The van der Waals surface area contributed by atoms with Crippen LogP contribution in [0.5, 0.6) is 5.75 Å². The highest BCUT2D eigenvalue weighted by Gasteiger charge is 2.14. The fraction of sp³-hybridized carbons (Fsp3) is 0.182. The molecule has 1 atom stereocenters. The molecule has 5 heteroatoms. The molecule has 3 aromatic rings. The summed E-state index contributed by atoms with van der Waals surface area (Å²) in [6.45, 7) is 3.91. The van der Waals surface area contributed by atoms with E-state index in [2.05, 4.69) is 29.8 Å². The summed E-state index contributed by atoms with van der Waals surface area (Å²) in [6.07, 6.45) is 2.49. The van der Waals surface area contributed by atoms with Crippen molar-refractivity contribution < 1.29 is 4.74 Å². The van der Waals surface area contributed by atoms with Crippen LogP contribution in [-0.2, 0) is 13.5 Å². The SMILES string of the molecule is C=C[C@@H](Cc1cccc(-c2ccc(OC)cc2)c1)c1cc(=O)n(C)c(N)n1. The number of nitrogen functional groups attached to an aromatic ring is 1. The molecule has 1 heterocycles. The van der Waals surface area contributed by atoms with Crippen LogP contribution in [0.15, 0.2) is 72.0 Å². The highest BCUT2D eigenvalue weighted by molar-refractivity contribution is 5.65. The molecule has 0 saturated carbocycles. The van der Waals surface area contributed by atoms with Crippen molar-refractivity contribution in [3.63, 3.8) is 0 Å². The quantitative estimate of drug-likeness (QED) is 0.682. The molecular formula is C22H23N3O2. The van der Waals surface area contributed by atoms with E-state index in [-0.39, 0.29) is 17.4 Å². The monoisotopic (exact) mass is 361 g/mol. The van der Waals surface area contributed by atoms with Crippen molar-refractivity contribution in [3.05, 3.63) is 88.9 Å². The largest absolute Gasteiger partial charge is 0.497 e. The van der Waals surface area contributed by atoms with Crippen molar-refractivity contribution in [3.8, 4) is 16.9 Å². The van der Waals surface area contributed by atoms with Gasteiger partial charge in [-0.15, -0.1) is 6.58 Å². The van der Waals surface area contributed by atoms with Crippen molar-refractivity contribution in [2.45, 2.75) is 12.3 Å². The molecule has 0 saturated heterocycles. The number of methoxy groups -OCH3 is 1. The highest BCUT2D eigenvalue weighted by atomic mass is 16.5. The van der Waals surface area contributed by atoms with Gasteiger partial charge in [-0.25, -0.2) is 4.98 Å². The van der Waals surface area contributed by atoms with Gasteiger partial charge in [0.1, 0.15) is 5.75 Å². The van der Waals surface area contributed by atoms with Crippen molar-refractivity contribution in [1.29, 1.82) is 0 Å². The van der Waals surface area contributed by atoms with E-state index in [0.717, 1.165) is 22.4 Å². The summed E-state index contributed by atoms with van der Waals surface area (Å²) in [4.78, 5) is 16.4. The smallest absolute Gasteiger partial charge is 0.254 e. The number of nitrogens with zero attached hydrogens (tertiary/aromatic N) is 2. The lowest BCUT2D eigenvalue weighted by atomic mass is 9.93. The van der Waals surface area contributed by atoms with E-state index in [4.69, 9.17) is 10.5 Å². The van der Waals surface area contributed by atoms with Gasteiger partial charge in [0.05, 0.1) is 12.8 Å². The first kappa shape index (κ1) is 18.5. The second kappa shape index (κ2) is 7.91. The van der Waals surface area contributed by atoms with Gasteiger partial charge in [-0.1, -0.05) is 42.5 Å². The Kier molecular flexibility index (Phi) is 5.41. The minimum Gasteiger partial charge on any atom is -0.497 e. The molecule has 2 N–H and O–H groups in total. The van der Waals surface area contributed by atoms with Crippen LogP contribution in [-0.4, -0.2) is 16.7 Å². The van der Waals surface area contributed by atoms with Gasteiger partial charge in [0.2, 0.25) is 5.95 Å². The fourth-order valence-electron chi connectivity index (χ4n) is 2.99. The number of benzene rings is 2. The van der Waals surface area contributed by atoms with Crippen LogP contribution in [0.4, 0.5) is 5.95 Å². The maximum atomic E-state index is 12.0. The summed E-state index contributed by atoms with van der Waals surface area (Å²) in [6, 6.07) is 17.8. The number of anilines is 1. The average molecular weight is 361 g/mol. The third-order valence-electron chi connectivity index (χ3n) is 4.66. The van der Waals surface area contributed by atoms with Crippen molar-refractivity contribution >= 4 is 5.95 Å². The fourth-order valence-corrected chi connectivity index (χ4v) is 2.99. The molecule has 0 spiro atoms. The Morgan fingerprint density at radius 1 is 1.19 bits per heavy atom. The molecule has 1 aromatic heterocycles. The van der Waals surface area contributed by atoms with Crippen molar-refractivity contribution in [1.82, 2.24) is 9.55 Å². The summed E-state index contributed by atoms with van der Waals surface area (Å²) < 4.78 is 6.54. The summed E-state index contributed by atoms with van der Waals surface area (Å²) in [5.41, 5.74) is 9.68. The number of rotatable bonds is 6. The highest BCUT2D eigenvalue weighted by Crippen LogP contribution is 2.26. The summed E-state index contributed by atoms with van der Waals surface area (Å²) in [5, 5.41) is 0. The van der Waals surface area contributed by atoms with Crippen molar-refractivity contribution in [2.75, 3.05) is 12.8 Å². The van der Waals surface area contributed by atoms with E-state index < -0.39 is 0 Å². The van der Waals surface area contributed by atoms with Gasteiger partial charge in [0, 0.05) is 19.0 Å². The van der Waals surface area contributed by atoms with Gasteiger partial charge in [-0.05, 0) is 35.2 Å². The van der Waals surface area contributed by atoms with Gasteiger partial charge in [0.25, 0.3) is 5.56 Å². The van der Waals surface area contributed by atoms with Crippen LogP contribution in [0.3, 0.4) is 0 Å². The molecule has 3 rings (SSSR count). The normalized spacial score (nSPS) is 11.8. The van der Waals surface area contributed by atoms with Crippen LogP contribution in [0.25, 0.3) is 11.1 Å². The molecular weight excluding hydrogens is 338 g/mol. The molecule has 138 valence electrons. The zero-order chi connectivity index (χ0) is 19.4. The Balaban J connectivity index is 1.88. The molecule has 0 unspecified atom stereocenters. The first-order valence-corrected chi connectivity index (χ1v) is 8.71. The second-order valence-electron chi connectivity index (χ2n) is 6.41. The van der Waals surface area contributed by atoms with Gasteiger partial charge in [-0.2, -0.15) is 0 Å². The number of nitrogens with two attached hydrogens (primary N) is 1. The van der Waals surface area contributed by atoms with Crippen LogP contribution >= 0.6 is 0 Å². The van der Waals surface area contributed by atoms with E-state index in [1.165, 1.54) is 10.6 Å². The molecule has 0 amide bonds. The predicted octanol–water partition coefficient (Wildman–Crippen LogP) is 3.55. The minimum absolute atomic E-state index is 0.0904. The lowest BCUT2D eigenvalue weighted by Crippen LogP contribution is -2.22. The molecule has 0 radical (unpaired) electrons. The molecule has 5 nitrogen and oxygen atoms in total. The third kappa shape index (κ3) is 4.08. The Morgan fingerprint density at radius 2 is 1.93 bits per heavy atom. The van der Waals surface area contributed by atoms with Crippen LogP contribution in [0.1, 0.15) is 17.2 Å². The van der Waals surface area contributed by atoms with Gasteiger partial charge >= 0.3 is 0 Å². The van der Waals surface area contributed by atoms with E-state index in [9.17, 15) is 4.79 Å². The predicted molar refractivity (Wildman–Crippen MR) is 109 cm³/mol. The first-order valence-electron chi connectivity index (χ1n) is 8.71. The number of ether oxygens (including phenoxy) is 1. The van der Waals surface area contributed by atoms with Crippen LogP contribution < -0.4 is 16.0 Å². The number of aromatic nitrogens is 2. The standard InChI is InChI=1S/C22H23N3O2/c1-4-16(20-14-21(26)25(2)22(23)24-20)12-15-6-5-7-18(13-15)17-8-10-19(27-3)11-9-17/h4-11,13-14,16H,1,12H2,2-3H3,(H2,23,24)/t16-/m0/s1. The maximum absolute atomic E-state index is 12.0. The Hall–Kier alpha value is -3.34. The molecule has 27 heavy (non-hydrogen) atoms. The number of hydrogen-bond donors (Lipinski definition) is 1. The Morgan fingerprint density at radius 3 is 2.56 bits per heavy atom. The summed E-state index contributed by atoms with van der Waals surface area (Å²) in [7, 11) is 3.26. The molecule has 2 aromatic carbocycles.